The molecule has 4 aromatic rings. The third kappa shape index (κ3) is 4.40. The Bertz CT molecular complexity index is 1040. The first-order valence-electron chi connectivity index (χ1n) is 8.34. The van der Waals surface area contributed by atoms with Gasteiger partial charge >= 0.3 is 11.5 Å². The van der Waals surface area contributed by atoms with Gasteiger partial charge in [0.25, 0.3) is 0 Å². The minimum atomic E-state index is 0.826. The van der Waals surface area contributed by atoms with E-state index in [-0.39, 0.29) is 0 Å². The van der Waals surface area contributed by atoms with Crippen LogP contribution in [0.5, 0.6) is 0 Å². The zero-order valence-corrected chi connectivity index (χ0v) is 18.9. The molecule has 0 aliphatic rings. The van der Waals surface area contributed by atoms with Crippen LogP contribution in [0.4, 0.5) is 0 Å². The summed E-state index contributed by atoms with van der Waals surface area (Å²) in [6.07, 6.45) is 0. The van der Waals surface area contributed by atoms with E-state index in [1.54, 1.807) is 0 Å². The van der Waals surface area contributed by atoms with Gasteiger partial charge in [-0.15, -0.1) is 0 Å². The van der Waals surface area contributed by atoms with E-state index in [0.717, 1.165) is 47.2 Å². The quantitative estimate of drug-likeness (QED) is 0.234. The van der Waals surface area contributed by atoms with Gasteiger partial charge in [-0.05, 0) is 54.1 Å². The fourth-order valence-electron chi connectivity index (χ4n) is 2.88. The SMILES string of the molecule is Brc1ccc(-c2cc(-c3cccc(Br)c3)[o+]c(-c3cccc(Br)c3)c2)cc1. The molecule has 0 saturated carbocycles. The van der Waals surface area contributed by atoms with Gasteiger partial charge in [0.2, 0.25) is 0 Å². The van der Waals surface area contributed by atoms with E-state index in [0.29, 0.717) is 0 Å². The Morgan fingerprint density at radius 2 is 0.963 bits per heavy atom. The first-order valence-corrected chi connectivity index (χ1v) is 10.7. The summed E-state index contributed by atoms with van der Waals surface area (Å²) in [4.78, 5) is 0. The summed E-state index contributed by atoms with van der Waals surface area (Å²) < 4.78 is 9.40. The van der Waals surface area contributed by atoms with Crippen LogP contribution in [0, 0.1) is 0 Å². The van der Waals surface area contributed by atoms with Crippen LogP contribution in [-0.2, 0) is 0 Å². The Labute approximate surface area is 183 Å². The van der Waals surface area contributed by atoms with Crippen molar-refractivity contribution in [2.75, 3.05) is 0 Å². The van der Waals surface area contributed by atoms with E-state index < -0.39 is 0 Å². The van der Waals surface area contributed by atoms with E-state index in [9.17, 15) is 0 Å². The van der Waals surface area contributed by atoms with E-state index in [4.69, 9.17) is 4.42 Å². The molecule has 0 aliphatic heterocycles. The Kier molecular flexibility index (Phi) is 5.58. The molecular formula is C23H14Br3O+. The van der Waals surface area contributed by atoms with Gasteiger partial charge in [-0.2, -0.15) is 0 Å². The third-order valence-electron chi connectivity index (χ3n) is 4.19. The van der Waals surface area contributed by atoms with Crippen molar-refractivity contribution in [3.63, 3.8) is 0 Å². The lowest BCUT2D eigenvalue weighted by Crippen LogP contribution is -1.86. The average Bonchev–Trinajstić information content (AvgIpc) is 2.68. The van der Waals surface area contributed by atoms with E-state index in [1.165, 1.54) is 0 Å². The van der Waals surface area contributed by atoms with Gasteiger partial charge < -0.3 is 0 Å². The summed E-state index contributed by atoms with van der Waals surface area (Å²) in [6.45, 7) is 0. The van der Waals surface area contributed by atoms with E-state index >= 15 is 0 Å². The van der Waals surface area contributed by atoms with Crippen molar-refractivity contribution in [3.05, 3.63) is 98.3 Å². The molecular weight excluding hydrogens is 532 g/mol. The summed E-state index contributed by atoms with van der Waals surface area (Å²) >= 11 is 10.6. The standard InChI is InChI=1S/C23H14Br3O/c24-19-9-7-15(8-10-19)18-13-22(16-3-1-5-20(25)11-16)27-23(14-18)17-4-2-6-21(26)12-17/h1-14H/q+1. The van der Waals surface area contributed by atoms with Gasteiger partial charge in [0.05, 0.1) is 23.3 Å². The van der Waals surface area contributed by atoms with Gasteiger partial charge in [-0.3, -0.25) is 0 Å². The highest BCUT2D eigenvalue weighted by Gasteiger charge is 2.21. The topological polar surface area (TPSA) is 11.3 Å². The second kappa shape index (κ2) is 8.09. The smallest absolute Gasteiger partial charge is 0.207 e. The van der Waals surface area contributed by atoms with Crippen molar-refractivity contribution < 1.29 is 4.42 Å². The van der Waals surface area contributed by atoms with Crippen LogP contribution >= 0.6 is 47.8 Å². The van der Waals surface area contributed by atoms with Crippen molar-refractivity contribution in [2.24, 2.45) is 0 Å². The molecule has 1 nitrogen and oxygen atoms in total. The second-order valence-electron chi connectivity index (χ2n) is 6.10. The van der Waals surface area contributed by atoms with Crippen LogP contribution in [-0.4, -0.2) is 0 Å². The van der Waals surface area contributed by atoms with Crippen molar-refractivity contribution in [1.82, 2.24) is 0 Å². The predicted octanol–water partition coefficient (Wildman–Crippen LogP) is 8.85. The average molecular weight is 546 g/mol. The zero-order valence-electron chi connectivity index (χ0n) is 14.1. The molecule has 0 saturated heterocycles. The molecule has 0 aliphatic carbocycles. The molecule has 0 fully saturated rings. The minimum Gasteiger partial charge on any atom is -0.207 e. The number of benzene rings is 3. The minimum absolute atomic E-state index is 0.826. The molecule has 0 N–H and O–H groups in total. The van der Waals surface area contributed by atoms with Crippen LogP contribution < -0.4 is 0 Å². The van der Waals surface area contributed by atoms with Gasteiger partial charge in [0.15, 0.2) is 0 Å². The first kappa shape index (κ1) is 18.6. The predicted molar refractivity (Wildman–Crippen MR) is 123 cm³/mol. The lowest BCUT2D eigenvalue weighted by Gasteiger charge is -2.03. The lowest BCUT2D eigenvalue weighted by atomic mass is 10.0. The molecule has 0 bridgehead atoms. The molecule has 27 heavy (non-hydrogen) atoms. The van der Waals surface area contributed by atoms with Crippen molar-refractivity contribution in [3.8, 4) is 33.8 Å². The summed E-state index contributed by atoms with van der Waals surface area (Å²) in [5.41, 5.74) is 4.30. The van der Waals surface area contributed by atoms with Gasteiger partial charge in [-0.1, -0.05) is 72.1 Å². The first-order chi connectivity index (χ1) is 13.1. The second-order valence-corrected chi connectivity index (χ2v) is 8.85. The van der Waals surface area contributed by atoms with Crippen molar-refractivity contribution in [1.29, 1.82) is 0 Å². The Morgan fingerprint density at radius 1 is 0.444 bits per heavy atom. The maximum absolute atomic E-state index is 6.29. The van der Waals surface area contributed by atoms with Crippen LogP contribution in [0.2, 0.25) is 0 Å². The summed E-state index contributed by atoms with van der Waals surface area (Å²) in [6, 6.07) is 28.8. The number of hydrogen-bond donors (Lipinski definition) is 0. The zero-order chi connectivity index (χ0) is 18.8. The Balaban J connectivity index is 1.92. The molecule has 0 spiro atoms. The molecule has 1 heterocycles. The fraction of sp³-hybridized carbons (Fsp3) is 0. The van der Waals surface area contributed by atoms with Crippen molar-refractivity contribution in [2.45, 2.75) is 0 Å². The maximum Gasteiger partial charge on any atom is 0.361 e. The monoisotopic (exact) mass is 543 g/mol. The Hall–Kier alpha value is -1.75. The summed E-state index contributed by atoms with van der Waals surface area (Å²) in [7, 11) is 0. The van der Waals surface area contributed by atoms with Crippen molar-refractivity contribution >= 4 is 47.8 Å². The molecule has 0 unspecified atom stereocenters. The van der Waals surface area contributed by atoms with Crippen LogP contribution in [0.15, 0.2) is 103 Å². The van der Waals surface area contributed by atoms with E-state index in [2.05, 4.69) is 108 Å². The number of rotatable bonds is 3. The molecule has 1 aromatic heterocycles. The number of halogens is 3. The fourth-order valence-corrected chi connectivity index (χ4v) is 3.94. The highest BCUT2D eigenvalue weighted by atomic mass is 79.9. The van der Waals surface area contributed by atoms with Crippen LogP contribution in [0.3, 0.4) is 0 Å². The highest BCUT2D eigenvalue weighted by molar-refractivity contribution is 9.11. The van der Waals surface area contributed by atoms with E-state index in [1.807, 2.05) is 24.3 Å². The molecule has 4 rings (SSSR count). The largest absolute Gasteiger partial charge is 0.361 e. The van der Waals surface area contributed by atoms with Crippen LogP contribution in [0.25, 0.3) is 33.8 Å². The summed E-state index contributed by atoms with van der Waals surface area (Å²) in [5, 5.41) is 0. The third-order valence-corrected chi connectivity index (χ3v) is 5.70. The van der Waals surface area contributed by atoms with Gasteiger partial charge in [0.1, 0.15) is 0 Å². The molecule has 0 radical (unpaired) electrons. The van der Waals surface area contributed by atoms with Gasteiger partial charge in [0, 0.05) is 19.0 Å². The normalized spacial score (nSPS) is 10.8. The molecule has 132 valence electrons. The molecule has 3 aromatic carbocycles. The lowest BCUT2D eigenvalue weighted by molar-refractivity contribution is 0.582. The number of hydrogen-bond acceptors (Lipinski definition) is 0. The maximum atomic E-state index is 6.29. The Morgan fingerprint density at radius 3 is 1.44 bits per heavy atom. The van der Waals surface area contributed by atoms with Gasteiger partial charge in [-0.25, -0.2) is 4.42 Å². The summed E-state index contributed by atoms with van der Waals surface area (Å²) in [5.74, 6) is 1.65. The molecule has 4 heteroatoms. The molecule has 0 amide bonds. The highest BCUT2D eigenvalue weighted by Crippen LogP contribution is 2.34. The van der Waals surface area contributed by atoms with Crippen LogP contribution in [0.1, 0.15) is 0 Å². The molecule has 0 atom stereocenters.